The van der Waals surface area contributed by atoms with Gasteiger partial charge in [-0.05, 0) is 38.1 Å². The second-order valence-electron chi connectivity index (χ2n) is 6.49. The second kappa shape index (κ2) is 5.66. The molecule has 2 aliphatic heterocycles. The number of fused-ring (bicyclic) bond motifs is 1. The zero-order valence-corrected chi connectivity index (χ0v) is 12.5. The largest absolute Gasteiger partial charge is 0.422 e. The molecule has 116 valence electrons. The molecule has 0 spiro atoms. The number of aromatic nitrogens is 2. The normalized spacial score (nSPS) is 33.3. The number of hydrogen-bond donors (Lipinski definition) is 0. The Morgan fingerprint density at radius 2 is 2.10 bits per heavy atom. The predicted molar refractivity (Wildman–Crippen MR) is 74.9 cm³/mol. The molecule has 3 heterocycles. The Balaban J connectivity index is 1.37. The van der Waals surface area contributed by atoms with E-state index in [0.717, 1.165) is 38.6 Å². The van der Waals surface area contributed by atoms with Crippen LogP contribution < -0.4 is 0 Å². The van der Waals surface area contributed by atoms with Gasteiger partial charge in [0.2, 0.25) is 11.8 Å². The van der Waals surface area contributed by atoms with Gasteiger partial charge in [0.15, 0.2) is 0 Å². The molecule has 6 heteroatoms. The van der Waals surface area contributed by atoms with E-state index in [0.29, 0.717) is 23.8 Å². The Bertz CT molecular complexity index is 488. The molecule has 6 nitrogen and oxygen atoms in total. The highest BCUT2D eigenvalue weighted by molar-refractivity contribution is 5.02. The fraction of sp³-hybridized carbons (Fsp3) is 0.867. The maximum atomic E-state index is 6.20. The summed E-state index contributed by atoms with van der Waals surface area (Å²) < 4.78 is 17.2. The van der Waals surface area contributed by atoms with Crippen LogP contribution in [0.25, 0.3) is 0 Å². The van der Waals surface area contributed by atoms with Crippen LogP contribution >= 0.6 is 0 Å². The molecule has 3 fully saturated rings. The van der Waals surface area contributed by atoms with E-state index in [1.54, 1.807) is 7.11 Å². The molecule has 0 radical (unpaired) electrons. The van der Waals surface area contributed by atoms with Crippen molar-refractivity contribution in [3.63, 3.8) is 0 Å². The predicted octanol–water partition coefficient (Wildman–Crippen LogP) is 1.75. The zero-order chi connectivity index (χ0) is 14.2. The number of likely N-dealkylation sites (tertiary alicyclic amines) is 1. The molecule has 21 heavy (non-hydrogen) atoms. The molecule has 1 saturated carbocycles. The second-order valence-corrected chi connectivity index (χ2v) is 6.49. The van der Waals surface area contributed by atoms with Gasteiger partial charge in [0.05, 0.1) is 12.7 Å². The van der Waals surface area contributed by atoms with Crippen LogP contribution in [-0.2, 0) is 9.47 Å². The fourth-order valence-corrected chi connectivity index (χ4v) is 3.45. The van der Waals surface area contributed by atoms with E-state index in [1.807, 2.05) is 0 Å². The van der Waals surface area contributed by atoms with Gasteiger partial charge in [0.1, 0.15) is 6.10 Å². The summed E-state index contributed by atoms with van der Waals surface area (Å²) in [6.45, 7) is 3.90. The van der Waals surface area contributed by atoms with Crippen molar-refractivity contribution in [3.05, 3.63) is 11.8 Å². The molecule has 1 aromatic rings. The van der Waals surface area contributed by atoms with Gasteiger partial charge in [-0.2, -0.15) is 0 Å². The molecule has 0 unspecified atom stereocenters. The number of nitrogens with zero attached hydrogens (tertiary/aromatic N) is 3. The third-order valence-electron chi connectivity index (χ3n) is 4.91. The Kier molecular flexibility index (Phi) is 3.69. The molecule has 1 aliphatic carbocycles. The minimum atomic E-state index is 0.00220. The van der Waals surface area contributed by atoms with E-state index in [9.17, 15) is 0 Å². The third-order valence-corrected chi connectivity index (χ3v) is 4.91. The minimum Gasteiger partial charge on any atom is -0.422 e. The highest BCUT2D eigenvalue weighted by Gasteiger charge is 2.42. The van der Waals surface area contributed by atoms with Gasteiger partial charge in [0.25, 0.3) is 0 Å². The quantitative estimate of drug-likeness (QED) is 0.824. The number of piperidine rings is 1. The summed E-state index contributed by atoms with van der Waals surface area (Å²) >= 11 is 0. The summed E-state index contributed by atoms with van der Waals surface area (Å²) in [5, 5.41) is 8.38. The van der Waals surface area contributed by atoms with Crippen LogP contribution in [-0.4, -0.2) is 54.6 Å². The lowest BCUT2D eigenvalue weighted by Gasteiger charge is -2.33. The molecule has 4 rings (SSSR count). The highest BCUT2D eigenvalue weighted by atomic mass is 16.5. The average molecular weight is 293 g/mol. The molecular weight excluding hydrogens is 270 g/mol. The molecule has 1 aromatic heterocycles. The lowest BCUT2D eigenvalue weighted by Crippen LogP contribution is -2.43. The first-order chi connectivity index (χ1) is 10.3. The van der Waals surface area contributed by atoms with Crippen molar-refractivity contribution in [1.29, 1.82) is 0 Å². The van der Waals surface area contributed by atoms with Crippen molar-refractivity contribution in [2.24, 2.45) is 5.92 Å². The van der Waals surface area contributed by atoms with Gasteiger partial charge in [0, 0.05) is 26.1 Å². The lowest BCUT2D eigenvalue weighted by atomic mass is 9.92. The molecule has 0 aromatic carbocycles. The van der Waals surface area contributed by atoms with Gasteiger partial charge in [-0.3, -0.25) is 4.90 Å². The van der Waals surface area contributed by atoms with Crippen LogP contribution in [0.4, 0.5) is 0 Å². The van der Waals surface area contributed by atoms with E-state index < -0.39 is 0 Å². The summed E-state index contributed by atoms with van der Waals surface area (Å²) in [7, 11) is 1.75. The molecule has 0 N–H and O–H groups in total. The van der Waals surface area contributed by atoms with Crippen molar-refractivity contribution in [1.82, 2.24) is 15.1 Å². The smallest absolute Gasteiger partial charge is 0.245 e. The first kappa shape index (κ1) is 13.7. The van der Waals surface area contributed by atoms with Gasteiger partial charge in [-0.25, -0.2) is 0 Å². The summed E-state index contributed by atoms with van der Waals surface area (Å²) in [6, 6.07) is 0. The average Bonchev–Trinajstić information content (AvgIpc) is 3.09. The van der Waals surface area contributed by atoms with Gasteiger partial charge < -0.3 is 13.9 Å². The minimum absolute atomic E-state index is 0.00220. The Morgan fingerprint density at radius 1 is 1.24 bits per heavy atom. The first-order valence-electron chi connectivity index (χ1n) is 8.03. The van der Waals surface area contributed by atoms with Crippen LogP contribution in [0.5, 0.6) is 0 Å². The molecule has 2 saturated heterocycles. The Hall–Kier alpha value is -0.980. The summed E-state index contributed by atoms with van der Waals surface area (Å²) in [5.74, 6) is 2.64. The maximum absolute atomic E-state index is 6.20. The lowest BCUT2D eigenvalue weighted by molar-refractivity contribution is -0.0199. The van der Waals surface area contributed by atoms with E-state index in [2.05, 4.69) is 15.1 Å². The van der Waals surface area contributed by atoms with Gasteiger partial charge >= 0.3 is 0 Å². The van der Waals surface area contributed by atoms with Crippen molar-refractivity contribution < 1.29 is 13.9 Å². The van der Waals surface area contributed by atoms with Crippen molar-refractivity contribution in [3.8, 4) is 0 Å². The Morgan fingerprint density at radius 3 is 2.90 bits per heavy atom. The third kappa shape index (κ3) is 2.84. The van der Waals surface area contributed by atoms with E-state index in [-0.39, 0.29) is 6.10 Å². The van der Waals surface area contributed by atoms with Crippen LogP contribution in [0, 0.1) is 5.92 Å². The summed E-state index contributed by atoms with van der Waals surface area (Å²) in [6.07, 6.45) is 4.89. The van der Waals surface area contributed by atoms with Gasteiger partial charge in [-0.15, -0.1) is 10.2 Å². The summed E-state index contributed by atoms with van der Waals surface area (Å²) in [5.41, 5.74) is 0. The number of rotatable bonds is 5. The van der Waals surface area contributed by atoms with Crippen molar-refractivity contribution >= 4 is 0 Å². The zero-order valence-electron chi connectivity index (χ0n) is 12.5. The molecule has 0 amide bonds. The first-order valence-corrected chi connectivity index (χ1v) is 8.03. The number of methoxy groups -OCH3 is 1. The van der Waals surface area contributed by atoms with Crippen LogP contribution in [0.3, 0.4) is 0 Å². The van der Waals surface area contributed by atoms with Crippen LogP contribution in [0.15, 0.2) is 4.42 Å². The van der Waals surface area contributed by atoms with Crippen molar-refractivity contribution in [2.45, 2.75) is 43.8 Å². The van der Waals surface area contributed by atoms with Crippen LogP contribution in [0.2, 0.25) is 0 Å². The number of ether oxygens (including phenoxy) is 2. The molecule has 3 aliphatic rings. The molecule has 3 atom stereocenters. The van der Waals surface area contributed by atoms with E-state index >= 15 is 0 Å². The van der Waals surface area contributed by atoms with Crippen molar-refractivity contribution in [2.75, 3.05) is 33.4 Å². The standard InChI is InChI=1S/C15H23N3O3/c1-19-7-6-18-5-4-11-8-12(20-13(11)9-18)15-17-16-14(21-15)10-2-3-10/h10-13H,2-9H2,1H3/t11-,12+,13+/m1/s1. The Labute approximate surface area is 124 Å². The molecular formula is C15H23N3O3. The molecule has 0 bridgehead atoms. The van der Waals surface area contributed by atoms with E-state index in [1.165, 1.54) is 19.3 Å². The van der Waals surface area contributed by atoms with Gasteiger partial charge in [-0.1, -0.05) is 0 Å². The SMILES string of the molecule is COCCN1CC[C@@H]2C[C@@H](c3nnc(C4CC4)o3)O[C@H]2C1. The monoisotopic (exact) mass is 293 g/mol. The highest BCUT2D eigenvalue weighted by Crippen LogP contribution is 2.43. The maximum Gasteiger partial charge on any atom is 0.245 e. The van der Waals surface area contributed by atoms with E-state index in [4.69, 9.17) is 13.9 Å². The van der Waals surface area contributed by atoms with Crippen LogP contribution in [0.1, 0.15) is 49.5 Å². The topological polar surface area (TPSA) is 60.6 Å². The summed E-state index contributed by atoms with van der Waals surface area (Å²) in [4.78, 5) is 2.43. The fourth-order valence-electron chi connectivity index (χ4n) is 3.45. The number of hydrogen-bond acceptors (Lipinski definition) is 6.